The summed E-state index contributed by atoms with van der Waals surface area (Å²) in [6.07, 6.45) is 13.3. The van der Waals surface area contributed by atoms with Crippen molar-refractivity contribution in [1.29, 1.82) is 0 Å². The van der Waals surface area contributed by atoms with E-state index in [0.717, 1.165) is 53.2 Å². The molecule has 48 heavy (non-hydrogen) atoms. The van der Waals surface area contributed by atoms with Crippen molar-refractivity contribution in [1.82, 2.24) is 0 Å². The Balaban J connectivity index is 1.18. The smallest absolute Gasteiger partial charge is 0.263 e. The van der Waals surface area contributed by atoms with Crippen LogP contribution in [0.3, 0.4) is 0 Å². The second-order valence-corrected chi connectivity index (χ2v) is 15.2. The van der Waals surface area contributed by atoms with E-state index in [1.54, 1.807) is 0 Å². The summed E-state index contributed by atoms with van der Waals surface area (Å²) in [6.45, 7) is 17.0. The van der Waals surface area contributed by atoms with Gasteiger partial charge < -0.3 is 9.47 Å². The summed E-state index contributed by atoms with van der Waals surface area (Å²) in [5.74, 6) is 2.49. The van der Waals surface area contributed by atoms with Gasteiger partial charge in [0.2, 0.25) is 11.4 Å². The SMILES string of the molecule is CC[n+]1c(C=C2C=C(C=CC=C3Oc4cc(C)c(C)cc4N3COc3cccc4ccccc34)CC(C)(C)C2)sc2cc(C)c(C)cc21. The third-order valence-electron chi connectivity index (χ3n) is 9.70. The van der Waals surface area contributed by atoms with Crippen LogP contribution >= 0.6 is 11.3 Å². The van der Waals surface area contributed by atoms with Crippen LogP contribution in [-0.4, -0.2) is 6.73 Å². The van der Waals surface area contributed by atoms with E-state index in [1.165, 1.54) is 48.6 Å². The molecule has 0 radical (unpaired) electrons. The summed E-state index contributed by atoms with van der Waals surface area (Å²) >= 11 is 1.90. The summed E-state index contributed by atoms with van der Waals surface area (Å²) in [5.41, 5.74) is 10.4. The fourth-order valence-corrected chi connectivity index (χ4v) is 8.26. The van der Waals surface area contributed by atoms with Crippen LogP contribution in [0.1, 0.15) is 60.9 Å². The maximum atomic E-state index is 6.47. The van der Waals surface area contributed by atoms with E-state index < -0.39 is 0 Å². The average Bonchev–Trinajstić information content (AvgIpc) is 3.54. The molecule has 0 fully saturated rings. The third kappa shape index (κ3) is 6.32. The number of ether oxygens (including phenoxy) is 2. The molecule has 1 aliphatic heterocycles. The average molecular weight is 654 g/mol. The topological polar surface area (TPSA) is 25.6 Å². The second-order valence-electron chi connectivity index (χ2n) is 14.1. The Kier molecular flexibility index (Phi) is 8.51. The highest BCUT2D eigenvalue weighted by molar-refractivity contribution is 7.18. The highest BCUT2D eigenvalue weighted by atomic mass is 32.1. The first kappa shape index (κ1) is 32.0. The molecule has 0 unspecified atom stereocenters. The third-order valence-corrected chi connectivity index (χ3v) is 10.8. The number of rotatable bonds is 7. The van der Waals surface area contributed by atoms with Gasteiger partial charge in [0.1, 0.15) is 17.0 Å². The summed E-state index contributed by atoms with van der Waals surface area (Å²) in [5, 5.41) is 3.58. The summed E-state index contributed by atoms with van der Waals surface area (Å²) in [4.78, 5) is 2.13. The van der Waals surface area contributed by atoms with Crippen LogP contribution in [-0.2, 0) is 6.54 Å². The molecule has 244 valence electrons. The maximum Gasteiger partial charge on any atom is 0.263 e. The molecule has 1 aromatic heterocycles. The predicted molar refractivity (Wildman–Crippen MR) is 202 cm³/mol. The minimum Gasteiger partial charge on any atom is -0.472 e. The molecule has 0 bridgehead atoms. The van der Waals surface area contributed by atoms with E-state index >= 15 is 0 Å². The summed E-state index contributed by atoms with van der Waals surface area (Å²) in [7, 11) is 0. The number of nitrogens with zero attached hydrogens (tertiary/aromatic N) is 2. The summed E-state index contributed by atoms with van der Waals surface area (Å²) in [6, 6.07) is 23.6. The number of aryl methyl sites for hydroxylation is 5. The number of thiazole rings is 1. The first-order valence-electron chi connectivity index (χ1n) is 17.0. The Morgan fingerprint density at radius 3 is 2.50 bits per heavy atom. The Hall–Kier alpha value is -4.61. The van der Waals surface area contributed by atoms with Gasteiger partial charge in [0.25, 0.3) is 5.01 Å². The lowest BCUT2D eigenvalue weighted by Crippen LogP contribution is -2.33. The van der Waals surface area contributed by atoms with E-state index in [9.17, 15) is 0 Å². The fraction of sp³-hybridized carbons (Fsp3) is 0.279. The predicted octanol–water partition coefficient (Wildman–Crippen LogP) is 11.1. The lowest BCUT2D eigenvalue weighted by atomic mass is 9.75. The van der Waals surface area contributed by atoms with Gasteiger partial charge in [-0.25, -0.2) is 0 Å². The molecule has 0 saturated heterocycles. The van der Waals surface area contributed by atoms with Crippen molar-refractivity contribution in [3.8, 4) is 11.5 Å². The fourth-order valence-electron chi connectivity index (χ4n) is 6.97. The van der Waals surface area contributed by atoms with Gasteiger partial charge in [0.05, 0.1) is 5.69 Å². The van der Waals surface area contributed by atoms with Gasteiger partial charge in [-0.3, -0.25) is 4.90 Å². The summed E-state index contributed by atoms with van der Waals surface area (Å²) < 4.78 is 16.7. The number of fused-ring (bicyclic) bond motifs is 3. The van der Waals surface area contributed by atoms with Gasteiger partial charge in [-0.1, -0.05) is 79.8 Å². The minimum atomic E-state index is 0.168. The molecule has 5 aromatic rings. The van der Waals surface area contributed by atoms with Crippen molar-refractivity contribution in [2.24, 2.45) is 5.41 Å². The monoisotopic (exact) mass is 653 g/mol. The lowest BCUT2D eigenvalue weighted by Gasteiger charge is -2.30. The molecule has 5 heteroatoms. The number of allylic oxidation sites excluding steroid dienone is 6. The van der Waals surface area contributed by atoms with Gasteiger partial charge in [-0.2, -0.15) is 4.57 Å². The van der Waals surface area contributed by atoms with E-state index in [1.807, 2.05) is 23.5 Å². The minimum absolute atomic E-state index is 0.168. The Bertz CT molecular complexity index is 2170. The van der Waals surface area contributed by atoms with E-state index in [-0.39, 0.29) is 5.41 Å². The highest BCUT2D eigenvalue weighted by Crippen LogP contribution is 2.42. The van der Waals surface area contributed by atoms with E-state index in [0.29, 0.717) is 6.73 Å². The number of aromatic nitrogens is 1. The van der Waals surface area contributed by atoms with Crippen molar-refractivity contribution >= 4 is 44.1 Å². The van der Waals surface area contributed by atoms with Crippen LogP contribution in [0.25, 0.3) is 27.1 Å². The zero-order valence-corrected chi connectivity index (χ0v) is 30.0. The molecule has 2 heterocycles. The van der Waals surface area contributed by atoms with Gasteiger partial charge in [-0.15, -0.1) is 0 Å². The van der Waals surface area contributed by atoms with Gasteiger partial charge in [0.15, 0.2) is 12.5 Å². The number of benzene rings is 4. The Morgan fingerprint density at radius 2 is 1.67 bits per heavy atom. The Labute approximate surface area is 288 Å². The van der Waals surface area contributed by atoms with Crippen LogP contribution < -0.4 is 18.9 Å². The van der Waals surface area contributed by atoms with Crippen LogP contribution in [0.15, 0.2) is 108 Å². The first-order valence-corrected chi connectivity index (χ1v) is 17.8. The molecule has 4 nitrogen and oxygen atoms in total. The van der Waals surface area contributed by atoms with Crippen LogP contribution in [0.2, 0.25) is 0 Å². The van der Waals surface area contributed by atoms with Gasteiger partial charge in [-0.05, 0) is 122 Å². The molecule has 0 amide bonds. The van der Waals surface area contributed by atoms with Crippen LogP contribution in [0.5, 0.6) is 11.5 Å². The lowest BCUT2D eigenvalue weighted by molar-refractivity contribution is -0.665. The zero-order valence-electron chi connectivity index (χ0n) is 29.2. The van der Waals surface area contributed by atoms with Crippen LogP contribution in [0.4, 0.5) is 5.69 Å². The molecule has 1 aliphatic carbocycles. The quantitative estimate of drug-likeness (QED) is 0.164. The second kappa shape index (κ2) is 12.8. The molecule has 0 saturated carbocycles. The molecular formula is C43H45N2O2S+. The number of hydrogen-bond acceptors (Lipinski definition) is 4. The van der Waals surface area contributed by atoms with Crippen molar-refractivity contribution in [3.05, 3.63) is 135 Å². The van der Waals surface area contributed by atoms with Crippen molar-refractivity contribution in [3.63, 3.8) is 0 Å². The molecule has 7 rings (SSSR count). The highest BCUT2D eigenvalue weighted by Gasteiger charge is 2.29. The maximum absolute atomic E-state index is 6.47. The first-order chi connectivity index (χ1) is 23.1. The normalized spacial score (nSPS) is 17.5. The molecular weight excluding hydrogens is 609 g/mol. The van der Waals surface area contributed by atoms with Crippen molar-refractivity contribution in [2.45, 2.75) is 67.9 Å². The van der Waals surface area contributed by atoms with Gasteiger partial charge in [0, 0.05) is 17.5 Å². The number of anilines is 1. The van der Waals surface area contributed by atoms with Crippen molar-refractivity contribution < 1.29 is 14.0 Å². The molecule has 0 spiro atoms. The Morgan fingerprint density at radius 1 is 0.917 bits per heavy atom. The van der Waals surface area contributed by atoms with E-state index in [2.05, 4.69) is 143 Å². The molecule has 2 aliphatic rings. The van der Waals surface area contributed by atoms with Crippen molar-refractivity contribution in [2.75, 3.05) is 11.6 Å². The standard InChI is InChI=1S/C43H45N2O2S/c1-8-44-37-20-29(3)31(5)22-40(37)48-42(44)24-33-23-32(25-43(6,7)26-33)13-11-18-41-45(36-19-28(2)30(4)21-39(36)47-41)27-46-38-17-12-15-34-14-9-10-16-35(34)38/h9-24H,8,25-27H2,1-7H3/q+1. The van der Waals surface area contributed by atoms with Gasteiger partial charge >= 0.3 is 0 Å². The molecule has 0 N–H and O–H groups in total. The largest absolute Gasteiger partial charge is 0.472 e. The van der Waals surface area contributed by atoms with E-state index in [4.69, 9.17) is 9.47 Å². The van der Waals surface area contributed by atoms with Crippen LogP contribution in [0, 0.1) is 33.1 Å². The molecule has 0 atom stereocenters. The zero-order chi connectivity index (χ0) is 33.6. The molecule has 4 aromatic carbocycles. The number of hydrogen-bond donors (Lipinski definition) is 0.